The van der Waals surface area contributed by atoms with Gasteiger partial charge in [0.1, 0.15) is 5.78 Å². The van der Waals surface area contributed by atoms with Crippen LogP contribution in [0.5, 0.6) is 0 Å². The molecular formula is C20H26O2S. The molecule has 23 heavy (non-hydrogen) atoms. The summed E-state index contributed by atoms with van der Waals surface area (Å²) < 4.78 is 0. The number of allylic oxidation sites excluding steroid dienone is 1. The fourth-order valence-electron chi connectivity index (χ4n) is 6.99. The minimum Gasteiger partial charge on any atom is -0.299 e. The number of fused-ring (bicyclic) bond motifs is 5. The van der Waals surface area contributed by atoms with E-state index in [2.05, 4.69) is 18.7 Å². The molecule has 2 nitrogen and oxygen atoms in total. The van der Waals surface area contributed by atoms with Crippen LogP contribution in [0.1, 0.15) is 58.3 Å². The molecule has 3 saturated carbocycles. The van der Waals surface area contributed by atoms with Gasteiger partial charge in [0, 0.05) is 34.7 Å². The molecule has 4 fully saturated rings. The van der Waals surface area contributed by atoms with Gasteiger partial charge in [-0.1, -0.05) is 12.5 Å². The van der Waals surface area contributed by atoms with Gasteiger partial charge in [-0.15, -0.1) is 0 Å². The first-order valence-corrected chi connectivity index (χ1v) is 10.5. The Hall–Kier alpha value is -0.570. The summed E-state index contributed by atoms with van der Waals surface area (Å²) in [7, 11) is 0. The fraction of sp³-hybridized carbons (Fsp3) is 0.800. The van der Waals surface area contributed by atoms with Gasteiger partial charge in [-0.25, -0.2) is 0 Å². The van der Waals surface area contributed by atoms with Crippen LogP contribution in [0.3, 0.4) is 0 Å². The topological polar surface area (TPSA) is 34.1 Å². The lowest BCUT2D eigenvalue weighted by Crippen LogP contribution is -2.53. The van der Waals surface area contributed by atoms with E-state index in [-0.39, 0.29) is 5.41 Å². The zero-order valence-corrected chi connectivity index (χ0v) is 14.8. The molecule has 4 aliphatic carbocycles. The lowest BCUT2D eigenvalue weighted by Gasteiger charge is -2.58. The van der Waals surface area contributed by atoms with Crippen LogP contribution < -0.4 is 0 Å². The monoisotopic (exact) mass is 330 g/mol. The summed E-state index contributed by atoms with van der Waals surface area (Å²) in [6, 6.07) is 0. The molecule has 5 aliphatic rings. The average molecular weight is 330 g/mol. The molecule has 0 amide bonds. The third-order valence-electron chi connectivity index (χ3n) is 8.18. The van der Waals surface area contributed by atoms with Crippen LogP contribution >= 0.6 is 11.8 Å². The molecule has 0 aromatic heterocycles. The Labute approximate surface area is 142 Å². The van der Waals surface area contributed by atoms with Crippen molar-refractivity contribution in [3.63, 3.8) is 0 Å². The minimum atomic E-state index is -0.0231. The molecule has 0 aromatic rings. The highest BCUT2D eigenvalue weighted by Gasteiger charge is 2.63. The summed E-state index contributed by atoms with van der Waals surface area (Å²) in [5, 5.41) is 0.760. The largest absolute Gasteiger partial charge is 0.299 e. The van der Waals surface area contributed by atoms with Gasteiger partial charge in [0.05, 0.1) is 0 Å². The summed E-state index contributed by atoms with van der Waals surface area (Å²) in [6.07, 6.45) is 10.5. The Morgan fingerprint density at radius 1 is 1.04 bits per heavy atom. The Morgan fingerprint density at radius 3 is 2.65 bits per heavy atom. The van der Waals surface area contributed by atoms with Crippen molar-refractivity contribution < 1.29 is 9.59 Å². The first kappa shape index (κ1) is 14.7. The molecule has 6 unspecified atom stereocenters. The predicted molar refractivity (Wildman–Crippen MR) is 92.3 cm³/mol. The van der Waals surface area contributed by atoms with Crippen molar-refractivity contribution in [1.29, 1.82) is 0 Å². The maximum atomic E-state index is 12.5. The molecule has 6 atom stereocenters. The number of carbonyl (C=O) groups excluding carboxylic acids is 2. The van der Waals surface area contributed by atoms with Crippen molar-refractivity contribution in [2.45, 2.75) is 63.5 Å². The normalized spacial score (nSPS) is 51.6. The van der Waals surface area contributed by atoms with Crippen molar-refractivity contribution in [2.75, 3.05) is 5.75 Å². The standard InChI is InChI=1S/C20H26O2S/c1-19-8-7-16-14(15(19)4-5-17(19)22)3-2-12-10-13(21)6-9-20(12,16)18-11-23-18/h10,14-16,18H,2-9,11H2,1H3. The SMILES string of the molecule is CC12CCC3C(CCC4=CC(=O)CCC43C3CS3)C1CCC2=O. The van der Waals surface area contributed by atoms with Gasteiger partial charge >= 0.3 is 0 Å². The first-order chi connectivity index (χ1) is 11.1. The van der Waals surface area contributed by atoms with Gasteiger partial charge in [-0.2, -0.15) is 11.8 Å². The number of rotatable bonds is 1. The third kappa shape index (κ3) is 1.83. The van der Waals surface area contributed by atoms with E-state index in [4.69, 9.17) is 0 Å². The Balaban J connectivity index is 1.57. The summed E-state index contributed by atoms with van der Waals surface area (Å²) in [5.41, 5.74) is 1.79. The van der Waals surface area contributed by atoms with Crippen LogP contribution in [0.25, 0.3) is 0 Å². The summed E-state index contributed by atoms with van der Waals surface area (Å²) in [6.45, 7) is 2.26. The molecule has 0 bridgehead atoms. The van der Waals surface area contributed by atoms with Gasteiger partial charge in [0.15, 0.2) is 5.78 Å². The van der Waals surface area contributed by atoms with E-state index in [1.165, 1.54) is 24.2 Å². The molecule has 1 heterocycles. The van der Waals surface area contributed by atoms with Crippen LogP contribution in [-0.2, 0) is 9.59 Å². The number of hydrogen-bond acceptors (Lipinski definition) is 3. The second-order valence-electron chi connectivity index (χ2n) is 8.83. The maximum Gasteiger partial charge on any atom is 0.155 e. The zero-order chi connectivity index (χ0) is 15.8. The first-order valence-electron chi connectivity index (χ1n) is 9.44. The third-order valence-corrected chi connectivity index (χ3v) is 9.27. The quantitative estimate of drug-likeness (QED) is 0.676. The van der Waals surface area contributed by atoms with E-state index in [9.17, 15) is 9.59 Å². The lowest BCUT2D eigenvalue weighted by molar-refractivity contribution is -0.132. The number of hydrogen-bond donors (Lipinski definition) is 0. The van der Waals surface area contributed by atoms with Gasteiger partial charge in [-0.05, 0) is 62.4 Å². The van der Waals surface area contributed by atoms with E-state index in [0.717, 1.165) is 55.6 Å². The summed E-state index contributed by atoms with van der Waals surface area (Å²) >= 11 is 2.11. The highest BCUT2D eigenvalue weighted by atomic mass is 32.2. The molecule has 1 aliphatic heterocycles. The molecule has 1 saturated heterocycles. The van der Waals surface area contributed by atoms with E-state index >= 15 is 0 Å². The smallest absolute Gasteiger partial charge is 0.155 e. The Bertz CT molecular complexity index is 619. The second kappa shape index (κ2) is 4.74. The van der Waals surface area contributed by atoms with E-state index in [1.54, 1.807) is 0 Å². The van der Waals surface area contributed by atoms with Crippen LogP contribution in [-0.4, -0.2) is 22.6 Å². The van der Waals surface area contributed by atoms with Gasteiger partial charge in [-0.3, -0.25) is 9.59 Å². The molecule has 0 aromatic carbocycles. The van der Waals surface area contributed by atoms with Crippen LogP contribution in [0, 0.1) is 28.6 Å². The molecule has 0 N–H and O–H groups in total. The average Bonchev–Trinajstić information content (AvgIpc) is 3.34. The minimum absolute atomic E-state index is 0.0231. The lowest BCUT2D eigenvalue weighted by atomic mass is 9.46. The van der Waals surface area contributed by atoms with Crippen molar-refractivity contribution in [1.82, 2.24) is 0 Å². The predicted octanol–water partition coefficient (Wildman–Crippen LogP) is 4.18. The van der Waals surface area contributed by atoms with Crippen molar-refractivity contribution in [3.8, 4) is 0 Å². The summed E-state index contributed by atoms with van der Waals surface area (Å²) in [4.78, 5) is 24.5. The number of thioether (sulfide) groups is 1. The molecule has 0 spiro atoms. The van der Waals surface area contributed by atoms with Crippen molar-refractivity contribution in [2.24, 2.45) is 28.6 Å². The Kier molecular flexibility index (Phi) is 3.04. The van der Waals surface area contributed by atoms with Crippen LogP contribution in [0.2, 0.25) is 0 Å². The molecule has 0 radical (unpaired) electrons. The molecule has 5 rings (SSSR count). The van der Waals surface area contributed by atoms with Gasteiger partial charge in [0.2, 0.25) is 0 Å². The second-order valence-corrected chi connectivity index (χ2v) is 10.1. The highest BCUT2D eigenvalue weighted by molar-refractivity contribution is 8.06. The Morgan fingerprint density at radius 2 is 1.87 bits per heavy atom. The van der Waals surface area contributed by atoms with Crippen molar-refractivity contribution in [3.05, 3.63) is 11.6 Å². The van der Waals surface area contributed by atoms with E-state index < -0.39 is 0 Å². The number of ketones is 2. The van der Waals surface area contributed by atoms with Crippen molar-refractivity contribution >= 4 is 23.3 Å². The molecule has 3 heteroatoms. The van der Waals surface area contributed by atoms with Gasteiger partial charge in [0.25, 0.3) is 0 Å². The molecule has 124 valence electrons. The van der Waals surface area contributed by atoms with E-state index in [1.807, 2.05) is 6.08 Å². The van der Waals surface area contributed by atoms with E-state index in [0.29, 0.717) is 22.9 Å². The van der Waals surface area contributed by atoms with Crippen LogP contribution in [0.4, 0.5) is 0 Å². The van der Waals surface area contributed by atoms with Crippen LogP contribution in [0.15, 0.2) is 11.6 Å². The number of Topliss-reactive ketones (excluding diaryl/α,β-unsaturated/α-hetero) is 1. The summed E-state index contributed by atoms with van der Waals surface area (Å²) in [5.74, 6) is 4.27. The van der Waals surface area contributed by atoms with Gasteiger partial charge < -0.3 is 0 Å². The maximum absolute atomic E-state index is 12.5. The highest BCUT2D eigenvalue weighted by Crippen LogP contribution is 2.69. The fourth-order valence-corrected chi connectivity index (χ4v) is 8.13. The number of carbonyl (C=O) groups is 2. The molecular weight excluding hydrogens is 304 g/mol. The zero-order valence-electron chi connectivity index (χ0n) is 14.0.